The Hall–Kier alpha value is -4.93. The number of nitrogens with zero attached hydrogens (tertiary/aromatic N) is 5. The minimum Gasteiger partial charge on any atom is -0.509 e. The van der Waals surface area contributed by atoms with Crippen molar-refractivity contribution in [3.63, 3.8) is 0 Å². The second kappa shape index (κ2) is 13.2. The second-order valence-corrected chi connectivity index (χ2v) is 14.7. The van der Waals surface area contributed by atoms with Crippen LogP contribution in [0.3, 0.4) is 0 Å². The molecule has 4 heterocycles. The third-order valence-electron chi connectivity index (χ3n) is 8.99. The summed E-state index contributed by atoms with van der Waals surface area (Å²) in [6.07, 6.45) is 0.860. The number of hydrogen-bond acceptors (Lipinski definition) is 5. The molecule has 0 atom stereocenters. The van der Waals surface area contributed by atoms with E-state index < -0.39 is 36.4 Å². The Balaban J connectivity index is 0.00000595. The molecule has 0 fully saturated rings. The Kier molecular flexibility index (Phi) is 6.20. The molecule has 0 unspecified atom stereocenters. The first kappa shape index (κ1) is 24.3. The van der Waals surface area contributed by atoms with E-state index in [-0.39, 0.29) is 118 Å². The Bertz CT molecular complexity index is 3050. The third-order valence-corrected chi connectivity index (χ3v) is 8.99. The summed E-state index contributed by atoms with van der Waals surface area (Å²) >= 11 is 0. The minimum atomic E-state index is -0.505. The van der Waals surface area contributed by atoms with Gasteiger partial charge in [0.15, 0.2) is 0 Å². The molecule has 266 valence electrons. The normalized spacial score (nSPS) is 16.0. The van der Waals surface area contributed by atoms with Crippen LogP contribution in [0.2, 0.25) is 0 Å². The summed E-state index contributed by atoms with van der Waals surface area (Å²) in [7, 11) is 0. The molecule has 52 heavy (non-hydrogen) atoms. The molecule has 0 aliphatic carbocycles. The van der Waals surface area contributed by atoms with Gasteiger partial charge in [-0.1, -0.05) is 77.3 Å². The molecule has 1 aliphatic heterocycles. The van der Waals surface area contributed by atoms with Gasteiger partial charge in [-0.25, -0.2) is 4.98 Å². The van der Waals surface area contributed by atoms with Crippen LogP contribution in [-0.4, -0.2) is 14.5 Å². The molecule has 0 bridgehead atoms. The van der Waals surface area contributed by atoms with Gasteiger partial charge in [0.25, 0.3) is 0 Å². The standard InChI is InChI=1S/C45H42N5O.Pt/c1-29-22-32(45(6,7)8)23-30(2)43(29)49-28-48(41-27-46-20-19-39(41)49)33-12-11-13-34(25-33)51-35-16-17-37-36-14-9-10-15-38(36)50(40(37)26-35)42-24-31(18-21-47-42)44(3,4)5;/h9-24,27-28H,1-8H3;/q-3;/i9D,10D,12D,13D,14D,15D,16D,17D,19D,20D,27D;. The molecule has 0 N–H and O–H groups in total. The van der Waals surface area contributed by atoms with E-state index in [1.807, 2.05) is 40.7 Å². The van der Waals surface area contributed by atoms with Crippen LogP contribution in [0.1, 0.15) is 78.9 Å². The second-order valence-electron chi connectivity index (χ2n) is 14.7. The fourth-order valence-corrected chi connectivity index (χ4v) is 6.37. The summed E-state index contributed by atoms with van der Waals surface area (Å²) in [6.45, 7) is 17.9. The first-order chi connectivity index (χ1) is 28.9. The average molecular weight is 875 g/mol. The minimum absolute atomic E-state index is 0. The van der Waals surface area contributed by atoms with Crippen LogP contribution < -0.4 is 14.5 Å². The van der Waals surface area contributed by atoms with E-state index in [4.69, 9.17) is 18.4 Å². The number of aryl methyl sites for hydroxylation is 2. The quantitative estimate of drug-likeness (QED) is 0.161. The van der Waals surface area contributed by atoms with Gasteiger partial charge < -0.3 is 19.1 Å². The van der Waals surface area contributed by atoms with E-state index in [1.165, 1.54) is 15.5 Å². The molecular formula is C45H42N5OPt-3. The van der Waals surface area contributed by atoms with E-state index in [9.17, 15) is 1.37 Å². The van der Waals surface area contributed by atoms with E-state index in [0.29, 0.717) is 5.69 Å². The molecule has 4 aromatic carbocycles. The summed E-state index contributed by atoms with van der Waals surface area (Å²) in [4.78, 5) is 11.8. The predicted octanol–water partition coefficient (Wildman–Crippen LogP) is 11.6. The first-order valence-electron chi connectivity index (χ1n) is 22.1. The maximum Gasteiger partial charge on any atom is 0.135 e. The Morgan fingerprint density at radius 3 is 2.25 bits per heavy atom. The SMILES string of the molecule is [2H]c1cc([2H])c(N2[CH-]N(c3c(C)cc(C(C)(C)C)cc3C)c3c([2H])c([2H])nc([2H])c32)[c-]c1Oc1[c-]c2c(c([2H])c1[2H])c1c([2H])c([2H])c([2H])c([2H])c1n2-c1cc(C(C)(C)C)ccn1.[Pt]. The van der Waals surface area contributed by atoms with Crippen molar-refractivity contribution in [1.29, 1.82) is 0 Å². The van der Waals surface area contributed by atoms with Crippen molar-refractivity contribution >= 4 is 44.6 Å². The van der Waals surface area contributed by atoms with Crippen LogP contribution >= 0.6 is 0 Å². The summed E-state index contributed by atoms with van der Waals surface area (Å²) in [5, 5.41) is 0.0454. The Morgan fingerprint density at radius 1 is 0.769 bits per heavy atom. The van der Waals surface area contributed by atoms with Gasteiger partial charge in [0, 0.05) is 69.4 Å². The van der Waals surface area contributed by atoms with Crippen molar-refractivity contribution in [3.05, 3.63) is 144 Å². The zero-order valence-corrected chi connectivity index (χ0v) is 32.3. The molecule has 7 aromatic rings. The zero-order valence-electron chi connectivity index (χ0n) is 41.0. The molecule has 0 spiro atoms. The fraction of sp³-hybridized carbons (Fsp3) is 0.222. The molecular weight excluding hydrogens is 822 g/mol. The maximum absolute atomic E-state index is 9.24. The smallest absolute Gasteiger partial charge is 0.135 e. The molecule has 0 radical (unpaired) electrons. The summed E-state index contributed by atoms with van der Waals surface area (Å²) in [6, 6.07) is 11.6. The van der Waals surface area contributed by atoms with Crippen molar-refractivity contribution in [1.82, 2.24) is 14.5 Å². The molecule has 1 aliphatic rings. The Labute approximate surface area is 336 Å². The first-order valence-corrected chi connectivity index (χ1v) is 16.6. The van der Waals surface area contributed by atoms with Crippen molar-refractivity contribution in [2.24, 2.45) is 0 Å². The van der Waals surface area contributed by atoms with E-state index >= 15 is 0 Å². The van der Waals surface area contributed by atoms with Gasteiger partial charge in [0.05, 0.1) is 15.3 Å². The summed E-state index contributed by atoms with van der Waals surface area (Å²) in [5.74, 6) is -0.307. The molecule has 0 saturated heterocycles. The van der Waals surface area contributed by atoms with Gasteiger partial charge >= 0.3 is 0 Å². The number of aromatic nitrogens is 3. The molecule has 6 nitrogen and oxygen atoms in total. The zero-order chi connectivity index (χ0) is 45.2. The van der Waals surface area contributed by atoms with Crippen LogP contribution in [0.25, 0.3) is 27.6 Å². The van der Waals surface area contributed by atoms with Crippen molar-refractivity contribution in [2.75, 3.05) is 9.80 Å². The van der Waals surface area contributed by atoms with Crippen molar-refractivity contribution in [2.45, 2.75) is 66.2 Å². The number of ether oxygens (including phenoxy) is 1. The summed E-state index contributed by atoms with van der Waals surface area (Å²) < 4.78 is 105. The number of rotatable bonds is 5. The molecule has 0 saturated carbocycles. The van der Waals surface area contributed by atoms with Gasteiger partial charge in [-0.05, 0) is 80.6 Å². The van der Waals surface area contributed by atoms with E-state index in [1.54, 1.807) is 23.8 Å². The number of fused-ring (bicyclic) bond motifs is 4. The molecule has 3 aromatic heterocycles. The van der Waals surface area contributed by atoms with Crippen LogP contribution in [0.4, 0.5) is 22.7 Å². The van der Waals surface area contributed by atoms with Crippen LogP contribution in [0.15, 0.2) is 103 Å². The van der Waals surface area contributed by atoms with E-state index in [2.05, 4.69) is 55.0 Å². The number of benzene rings is 4. The van der Waals surface area contributed by atoms with Gasteiger partial charge in [0.1, 0.15) is 5.82 Å². The van der Waals surface area contributed by atoms with Gasteiger partial charge in [-0.2, -0.15) is 12.1 Å². The van der Waals surface area contributed by atoms with Crippen LogP contribution in [0, 0.1) is 32.6 Å². The maximum atomic E-state index is 9.24. The fourth-order valence-electron chi connectivity index (χ4n) is 6.37. The summed E-state index contributed by atoms with van der Waals surface area (Å²) in [5.41, 5.74) is 4.40. The molecule has 8 rings (SSSR count). The molecule has 0 amide bonds. The van der Waals surface area contributed by atoms with Gasteiger partial charge in [-0.3, -0.25) is 4.98 Å². The number of anilines is 4. The van der Waals surface area contributed by atoms with E-state index in [0.717, 1.165) is 22.3 Å². The number of para-hydroxylation sites is 1. The van der Waals surface area contributed by atoms with Gasteiger partial charge in [0.2, 0.25) is 0 Å². The van der Waals surface area contributed by atoms with Crippen LogP contribution in [-0.2, 0) is 31.9 Å². The van der Waals surface area contributed by atoms with Crippen molar-refractivity contribution < 1.29 is 40.9 Å². The average Bonchev–Trinajstić information content (AvgIpc) is 3.75. The van der Waals surface area contributed by atoms with Crippen LogP contribution in [0.5, 0.6) is 11.5 Å². The van der Waals surface area contributed by atoms with Crippen molar-refractivity contribution in [3.8, 4) is 17.3 Å². The topological polar surface area (TPSA) is 46.4 Å². The number of pyridine rings is 2. The largest absolute Gasteiger partial charge is 0.509 e. The molecule has 7 heteroatoms. The number of hydrogen-bond donors (Lipinski definition) is 0. The third kappa shape index (κ3) is 6.28. The monoisotopic (exact) mass is 874 g/mol. The van der Waals surface area contributed by atoms with Gasteiger partial charge in [-0.15, -0.1) is 48.0 Å². The Morgan fingerprint density at radius 2 is 1.50 bits per heavy atom. The predicted molar refractivity (Wildman–Crippen MR) is 209 cm³/mol.